The lowest BCUT2D eigenvalue weighted by Crippen LogP contribution is -2.43. The standard InChI is InChI=1S/C10H8BrNO.C9H5BrO2S.C9H13N3.C4H9NO/c1-6(13)9-4-7-2-3-8(11)5-10(7)12-9;10-6-2-1-5-3-8(9(11)12)13-7(5)4-6;1-3-10-4-2-9(1)12-7-5-11-6-8-12;5-4-1-2-6-3-4/h2-5,12H,1H3;1-4H,(H,11,12);1-4,11H,5-8H2;4H,1-3,5H2. The second-order valence-corrected chi connectivity index (χ2v) is 13.0. The molecule has 7 rings (SSSR count). The number of fused-ring (bicyclic) bond motifs is 2. The Bertz CT molecular complexity index is 1580. The number of nitrogens with one attached hydrogen (secondary N) is 2. The van der Waals surface area contributed by atoms with Gasteiger partial charge in [-0.3, -0.25) is 9.78 Å². The molecular formula is C32H35Br2N5O4S. The number of hydrogen-bond donors (Lipinski definition) is 4. The third-order valence-electron chi connectivity index (χ3n) is 6.77. The Morgan fingerprint density at radius 1 is 1.00 bits per heavy atom. The van der Waals surface area contributed by atoms with Gasteiger partial charge in [0.1, 0.15) is 4.88 Å². The Kier molecular flexibility index (Phi) is 12.9. The maximum Gasteiger partial charge on any atom is 0.345 e. The molecule has 44 heavy (non-hydrogen) atoms. The van der Waals surface area contributed by atoms with Gasteiger partial charge in [0.15, 0.2) is 5.78 Å². The quantitative estimate of drug-likeness (QED) is 0.150. The average molecular weight is 746 g/mol. The summed E-state index contributed by atoms with van der Waals surface area (Å²) >= 11 is 8.00. The number of aromatic carboxylic acids is 1. The first-order chi connectivity index (χ1) is 21.2. The number of halogens is 2. The summed E-state index contributed by atoms with van der Waals surface area (Å²) in [6.45, 7) is 7.56. The van der Waals surface area contributed by atoms with Crippen LogP contribution in [0.2, 0.25) is 0 Å². The van der Waals surface area contributed by atoms with E-state index in [-0.39, 0.29) is 5.78 Å². The second kappa shape index (κ2) is 16.8. The molecule has 0 radical (unpaired) electrons. The van der Waals surface area contributed by atoms with Crippen LogP contribution >= 0.6 is 43.2 Å². The molecule has 232 valence electrons. The molecule has 0 amide bonds. The van der Waals surface area contributed by atoms with Gasteiger partial charge in [-0.1, -0.05) is 44.0 Å². The number of ether oxygens (including phenoxy) is 1. The first-order valence-electron chi connectivity index (χ1n) is 14.1. The number of hydrogen-bond acceptors (Lipinski definition) is 8. The first-order valence-corrected chi connectivity index (χ1v) is 16.5. The molecule has 3 aromatic heterocycles. The maximum atomic E-state index is 11.1. The smallest absolute Gasteiger partial charge is 0.345 e. The molecule has 2 aliphatic heterocycles. The lowest BCUT2D eigenvalue weighted by atomic mass is 10.2. The van der Waals surface area contributed by atoms with Crippen molar-refractivity contribution in [1.29, 1.82) is 0 Å². The normalized spacial score (nSPS) is 15.8. The first kappa shape index (κ1) is 33.8. The van der Waals surface area contributed by atoms with Gasteiger partial charge in [-0.05, 0) is 60.3 Å². The Hall–Kier alpha value is -3.13. The van der Waals surface area contributed by atoms with Gasteiger partial charge in [0, 0.05) is 88.4 Å². The van der Waals surface area contributed by atoms with E-state index < -0.39 is 5.97 Å². The molecule has 5 heterocycles. The number of nitrogens with two attached hydrogens (primary N) is 1. The average Bonchev–Trinajstić information content (AvgIpc) is 3.78. The molecule has 1 atom stereocenters. The number of aromatic amines is 1. The fraction of sp³-hybridized carbons (Fsp3) is 0.281. The Labute approximate surface area is 277 Å². The summed E-state index contributed by atoms with van der Waals surface area (Å²) in [6.07, 6.45) is 4.73. The van der Waals surface area contributed by atoms with Crippen molar-refractivity contribution in [2.75, 3.05) is 44.3 Å². The highest BCUT2D eigenvalue weighted by Crippen LogP contribution is 2.28. The predicted molar refractivity (Wildman–Crippen MR) is 185 cm³/mol. The summed E-state index contributed by atoms with van der Waals surface area (Å²) in [5, 5.41) is 14.1. The highest BCUT2D eigenvalue weighted by atomic mass is 79.9. The molecule has 0 spiro atoms. The number of ketones is 1. The van der Waals surface area contributed by atoms with Crippen LogP contribution in [0.1, 0.15) is 33.5 Å². The molecule has 5 aromatic rings. The van der Waals surface area contributed by atoms with E-state index in [0.717, 1.165) is 75.7 Å². The summed E-state index contributed by atoms with van der Waals surface area (Å²) in [5.41, 5.74) is 8.34. The van der Waals surface area contributed by atoms with Gasteiger partial charge in [-0.2, -0.15) is 0 Å². The largest absolute Gasteiger partial charge is 0.477 e. The monoisotopic (exact) mass is 743 g/mol. The third kappa shape index (κ3) is 10.2. The zero-order valence-electron chi connectivity index (χ0n) is 24.3. The Balaban J connectivity index is 0.000000138. The molecule has 5 N–H and O–H groups in total. The number of carboxylic acid groups (broad SMARTS) is 1. The van der Waals surface area contributed by atoms with Crippen molar-refractivity contribution in [1.82, 2.24) is 15.3 Å². The minimum Gasteiger partial charge on any atom is -0.477 e. The predicted octanol–water partition coefficient (Wildman–Crippen LogP) is 6.72. The van der Waals surface area contributed by atoms with Crippen molar-refractivity contribution >= 4 is 81.6 Å². The van der Waals surface area contributed by atoms with Crippen molar-refractivity contribution in [2.24, 2.45) is 5.73 Å². The number of piperazine rings is 1. The fourth-order valence-electron chi connectivity index (χ4n) is 4.43. The van der Waals surface area contributed by atoms with Crippen LogP contribution < -0.4 is 16.0 Å². The van der Waals surface area contributed by atoms with Crippen LogP contribution in [0.15, 0.2) is 82.0 Å². The summed E-state index contributed by atoms with van der Waals surface area (Å²) in [7, 11) is 0. The number of H-pyrrole nitrogens is 1. The molecular weight excluding hydrogens is 710 g/mol. The molecule has 1 unspecified atom stereocenters. The minimum atomic E-state index is -0.864. The second-order valence-electron chi connectivity index (χ2n) is 10.1. The summed E-state index contributed by atoms with van der Waals surface area (Å²) in [6, 6.07) is 19.6. The minimum absolute atomic E-state index is 0.0623. The molecule has 0 aliphatic carbocycles. The van der Waals surface area contributed by atoms with Crippen LogP contribution in [-0.2, 0) is 4.74 Å². The van der Waals surface area contributed by atoms with E-state index in [1.54, 1.807) is 13.0 Å². The van der Waals surface area contributed by atoms with Crippen LogP contribution in [0.5, 0.6) is 0 Å². The van der Waals surface area contributed by atoms with E-state index in [1.807, 2.05) is 54.9 Å². The number of benzene rings is 2. The Morgan fingerprint density at radius 2 is 1.68 bits per heavy atom. The van der Waals surface area contributed by atoms with E-state index >= 15 is 0 Å². The van der Waals surface area contributed by atoms with E-state index in [1.165, 1.54) is 17.0 Å². The van der Waals surface area contributed by atoms with Gasteiger partial charge in [-0.25, -0.2) is 4.79 Å². The lowest BCUT2D eigenvalue weighted by molar-refractivity contribution is 0.0702. The number of thiophene rings is 1. The molecule has 2 aromatic carbocycles. The van der Waals surface area contributed by atoms with Crippen LogP contribution in [0.25, 0.3) is 21.0 Å². The number of nitrogens with zero attached hydrogens (tertiary/aromatic N) is 2. The number of Topliss-reactive ketones (excluding diaryl/α,β-unsaturated/α-hetero) is 1. The highest BCUT2D eigenvalue weighted by molar-refractivity contribution is 9.10. The number of aromatic nitrogens is 2. The van der Waals surface area contributed by atoms with E-state index in [4.69, 9.17) is 15.6 Å². The van der Waals surface area contributed by atoms with E-state index in [0.29, 0.717) is 16.6 Å². The fourth-order valence-corrected chi connectivity index (χ4v) is 6.24. The number of carboxylic acids is 1. The molecule has 2 aliphatic rings. The van der Waals surface area contributed by atoms with E-state index in [2.05, 4.69) is 64.2 Å². The summed E-state index contributed by atoms with van der Waals surface area (Å²) in [5.74, 6) is -0.801. The summed E-state index contributed by atoms with van der Waals surface area (Å²) < 4.78 is 7.91. The number of rotatable bonds is 3. The van der Waals surface area contributed by atoms with Crippen LogP contribution in [-0.4, -0.2) is 72.3 Å². The van der Waals surface area contributed by atoms with Crippen molar-refractivity contribution in [2.45, 2.75) is 19.4 Å². The summed E-state index contributed by atoms with van der Waals surface area (Å²) in [4.78, 5) is 31.5. The molecule has 12 heteroatoms. The molecule has 9 nitrogen and oxygen atoms in total. The van der Waals surface area contributed by atoms with Crippen molar-refractivity contribution in [3.63, 3.8) is 0 Å². The van der Waals surface area contributed by atoms with Crippen LogP contribution in [0.3, 0.4) is 0 Å². The molecule has 2 saturated heterocycles. The van der Waals surface area contributed by atoms with Crippen LogP contribution in [0, 0.1) is 0 Å². The van der Waals surface area contributed by atoms with Gasteiger partial charge < -0.3 is 30.8 Å². The molecule has 2 fully saturated rings. The number of carbonyl (C=O) groups excluding carboxylic acids is 1. The molecule has 0 saturated carbocycles. The van der Waals surface area contributed by atoms with Crippen molar-refractivity contribution in [3.8, 4) is 0 Å². The van der Waals surface area contributed by atoms with Crippen molar-refractivity contribution in [3.05, 3.63) is 92.6 Å². The highest BCUT2D eigenvalue weighted by Gasteiger charge is 2.10. The number of pyridine rings is 1. The Morgan fingerprint density at radius 3 is 2.27 bits per heavy atom. The topological polar surface area (TPSA) is 134 Å². The zero-order chi connectivity index (χ0) is 31.5. The van der Waals surface area contributed by atoms with Gasteiger partial charge in [0.25, 0.3) is 0 Å². The SMILES string of the molecule is CC(=O)c1cc2ccc(Br)cc2[nH]1.NC1CCOC1.O=C(O)c1cc2ccc(Br)cc2s1.c1cc(N2CCNCC2)ccn1. The van der Waals surface area contributed by atoms with Gasteiger partial charge in [-0.15, -0.1) is 11.3 Å². The van der Waals surface area contributed by atoms with Gasteiger partial charge in [0.2, 0.25) is 0 Å². The third-order valence-corrected chi connectivity index (χ3v) is 8.84. The van der Waals surface area contributed by atoms with Gasteiger partial charge >= 0.3 is 5.97 Å². The lowest BCUT2D eigenvalue weighted by Gasteiger charge is -2.29. The zero-order valence-corrected chi connectivity index (χ0v) is 28.3. The number of anilines is 1. The molecule has 0 bridgehead atoms. The van der Waals surface area contributed by atoms with Gasteiger partial charge in [0.05, 0.1) is 12.3 Å². The van der Waals surface area contributed by atoms with Crippen molar-refractivity contribution < 1.29 is 19.4 Å². The van der Waals surface area contributed by atoms with E-state index in [9.17, 15) is 9.59 Å². The number of carbonyl (C=O) groups is 2. The van der Waals surface area contributed by atoms with Crippen LogP contribution in [0.4, 0.5) is 5.69 Å². The maximum absolute atomic E-state index is 11.1.